The molecule has 0 atom stereocenters. The Hall–Kier alpha value is -3.35. The Morgan fingerprint density at radius 3 is 2.00 bits per heavy atom. The van der Waals surface area contributed by atoms with Crippen molar-refractivity contribution >= 4 is 29.2 Å². The molecular formula is C16H14N2O5. The van der Waals surface area contributed by atoms with Crippen LogP contribution in [0.2, 0.25) is 0 Å². The van der Waals surface area contributed by atoms with E-state index in [4.69, 9.17) is 0 Å². The Bertz CT molecular complexity index is 758. The van der Waals surface area contributed by atoms with Crippen molar-refractivity contribution in [2.45, 2.75) is 0 Å². The first-order chi connectivity index (χ1) is 11.0. The summed E-state index contributed by atoms with van der Waals surface area (Å²) in [7, 11) is 1.21. The molecule has 0 aliphatic heterocycles. The number of carbonyl (C=O) groups excluding carboxylic acids is 3. The molecule has 0 unspecified atom stereocenters. The minimum Gasteiger partial charge on any atom is -0.506 e. The van der Waals surface area contributed by atoms with Crippen LogP contribution in [0, 0.1) is 0 Å². The maximum atomic E-state index is 11.9. The maximum absolute atomic E-state index is 11.9. The topological polar surface area (TPSA) is 105 Å². The highest BCUT2D eigenvalue weighted by Gasteiger charge is 2.19. The van der Waals surface area contributed by atoms with Gasteiger partial charge in [0.2, 0.25) is 0 Å². The second-order valence-electron chi connectivity index (χ2n) is 4.46. The van der Waals surface area contributed by atoms with Crippen molar-refractivity contribution in [1.82, 2.24) is 0 Å². The molecule has 0 aliphatic rings. The van der Waals surface area contributed by atoms with E-state index in [0.717, 1.165) is 0 Å². The van der Waals surface area contributed by atoms with E-state index >= 15 is 0 Å². The lowest BCUT2D eigenvalue weighted by Crippen LogP contribution is -2.29. The van der Waals surface area contributed by atoms with Crippen LogP contribution in [0.25, 0.3) is 0 Å². The average molecular weight is 314 g/mol. The van der Waals surface area contributed by atoms with E-state index in [2.05, 4.69) is 15.4 Å². The van der Waals surface area contributed by atoms with E-state index in [-0.39, 0.29) is 22.7 Å². The lowest BCUT2D eigenvalue weighted by atomic mass is 10.2. The van der Waals surface area contributed by atoms with Gasteiger partial charge in [-0.3, -0.25) is 9.59 Å². The number of hydrogen-bond donors (Lipinski definition) is 3. The summed E-state index contributed by atoms with van der Waals surface area (Å²) in [6, 6.07) is 12.1. The SMILES string of the molecule is COC(=O)c1ccccc1NC(=O)C(=O)Nc1ccccc1O. The smallest absolute Gasteiger partial charge is 0.339 e. The molecule has 2 aromatic rings. The van der Waals surface area contributed by atoms with E-state index in [9.17, 15) is 19.5 Å². The third-order valence-corrected chi connectivity index (χ3v) is 2.94. The molecule has 0 radical (unpaired) electrons. The van der Waals surface area contributed by atoms with E-state index in [1.807, 2.05) is 0 Å². The molecule has 0 saturated heterocycles. The van der Waals surface area contributed by atoms with Gasteiger partial charge in [0.15, 0.2) is 0 Å². The van der Waals surface area contributed by atoms with Gasteiger partial charge in [-0.05, 0) is 24.3 Å². The molecule has 7 nitrogen and oxygen atoms in total. The van der Waals surface area contributed by atoms with Gasteiger partial charge in [0.1, 0.15) is 5.75 Å². The number of carbonyl (C=O) groups is 3. The summed E-state index contributed by atoms with van der Waals surface area (Å²) in [5.41, 5.74) is 0.379. The highest BCUT2D eigenvalue weighted by atomic mass is 16.5. The fourth-order valence-electron chi connectivity index (χ4n) is 1.82. The van der Waals surface area contributed by atoms with Gasteiger partial charge < -0.3 is 20.5 Å². The molecule has 0 bridgehead atoms. The molecule has 0 heterocycles. The van der Waals surface area contributed by atoms with Crippen molar-refractivity contribution in [3.8, 4) is 5.75 Å². The molecule has 118 valence electrons. The predicted octanol–water partition coefficient (Wildman–Crippen LogP) is 1.76. The van der Waals surface area contributed by atoms with Crippen LogP contribution in [0.1, 0.15) is 10.4 Å². The summed E-state index contributed by atoms with van der Waals surface area (Å²) < 4.78 is 4.61. The normalized spacial score (nSPS) is 9.78. The molecule has 0 aromatic heterocycles. The first-order valence-corrected chi connectivity index (χ1v) is 6.60. The van der Waals surface area contributed by atoms with Crippen LogP contribution in [0.15, 0.2) is 48.5 Å². The van der Waals surface area contributed by atoms with Crippen LogP contribution in [0.5, 0.6) is 5.75 Å². The molecule has 2 amide bonds. The van der Waals surface area contributed by atoms with Crippen LogP contribution in [0.4, 0.5) is 11.4 Å². The highest BCUT2D eigenvalue weighted by Crippen LogP contribution is 2.21. The van der Waals surface area contributed by atoms with Crippen molar-refractivity contribution < 1.29 is 24.2 Å². The van der Waals surface area contributed by atoms with E-state index < -0.39 is 17.8 Å². The molecule has 7 heteroatoms. The number of anilines is 2. The summed E-state index contributed by atoms with van der Waals surface area (Å²) in [4.78, 5) is 35.4. The van der Waals surface area contributed by atoms with Crippen molar-refractivity contribution in [3.05, 3.63) is 54.1 Å². The van der Waals surface area contributed by atoms with Crippen LogP contribution in [0.3, 0.4) is 0 Å². The maximum Gasteiger partial charge on any atom is 0.339 e. The van der Waals surface area contributed by atoms with Gasteiger partial charge >= 0.3 is 17.8 Å². The third kappa shape index (κ3) is 3.85. The zero-order chi connectivity index (χ0) is 16.8. The first kappa shape index (κ1) is 16.0. The molecule has 3 N–H and O–H groups in total. The molecule has 0 fully saturated rings. The number of para-hydroxylation sites is 3. The van der Waals surface area contributed by atoms with E-state index in [1.165, 1.54) is 31.4 Å². The largest absolute Gasteiger partial charge is 0.506 e. The third-order valence-electron chi connectivity index (χ3n) is 2.94. The monoisotopic (exact) mass is 314 g/mol. The van der Waals surface area contributed by atoms with Crippen molar-refractivity contribution in [1.29, 1.82) is 0 Å². The second-order valence-corrected chi connectivity index (χ2v) is 4.46. The van der Waals surface area contributed by atoms with Crippen molar-refractivity contribution in [2.75, 3.05) is 17.7 Å². The number of rotatable bonds is 3. The Kier molecular flexibility index (Phi) is 4.93. The van der Waals surface area contributed by atoms with Crippen molar-refractivity contribution in [2.24, 2.45) is 0 Å². The van der Waals surface area contributed by atoms with Crippen molar-refractivity contribution in [3.63, 3.8) is 0 Å². The summed E-state index contributed by atoms with van der Waals surface area (Å²) in [6.07, 6.45) is 0. The summed E-state index contributed by atoms with van der Waals surface area (Å²) in [5, 5.41) is 14.2. The predicted molar refractivity (Wildman–Crippen MR) is 83.1 cm³/mol. The van der Waals surface area contributed by atoms with Crippen LogP contribution >= 0.6 is 0 Å². The number of phenolic OH excluding ortho intramolecular Hbond substituents is 1. The number of hydrogen-bond acceptors (Lipinski definition) is 5. The lowest BCUT2D eigenvalue weighted by molar-refractivity contribution is -0.133. The van der Waals surface area contributed by atoms with Gasteiger partial charge in [0, 0.05) is 0 Å². The first-order valence-electron chi connectivity index (χ1n) is 6.60. The van der Waals surface area contributed by atoms with E-state index in [1.54, 1.807) is 24.3 Å². The zero-order valence-electron chi connectivity index (χ0n) is 12.2. The Balaban J connectivity index is 2.12. The van der Waals surface area contributed by atoms with Gasteiger partial charge in [-0.1, -0.05) is 24.3 Å². The zero-order valence-corrected chi connectivity index (χ0v) is 12.2. The Labute approximate surface area is 131 Å². The summed E-state index contributed by atoms with van der Waals surface area (Å²) in [5.74, 6) is -2.76. The minimum atomic E-state index is -0.982. The quantitative estimate of drug-likeness (QED) is 0.455. The highest BCUT2D eigenvalue weighted by molar-refractivity contribution is 6.44. The van der Waals surface area contributed by atoms with Gasteiger partial charge in [0.05, 0.1) is 24.0 Å². The number of aromatic hydroxyl groups is 1. The van der Waals surface area contributed by atoms with Gasteiger partial charge in [-0.2, -0.15) is 0 Å². The summed E-state index contributed by atoms with van der Waals surface area (Å²) >= 11 is 0. The average Bonchev–Trinajstić information content (AvgIpc) is 2.56. The number of phenols is 1. The lowest BCUT2D eigenvalue weighted by Gasteiger charge is -2.10. The fraction of sp³-hybridized carbons (Fsp3) is 0.0625. The van der Waals surface area contributed by atoms with Crippen LogP contribution < -0.4 is 10.6 Å². The molecule has 2 rings (SSSR count). The molecule has 0 spiro atoms. The number of esters is 1. The molecule has 0 aliphatic carbocycles. The minimum absolute atomic E-state index is 0.105. The number of nitrogens with one attached hydrogen (secondary N) is 2. The number of ether oxygens (including phenoxy) is 1. The van der Waals surface area contributed by atoms with E-state index in [0.29, 0.717) is 0 Å². The van der Waals surface area contributed by atoms with Crippen LogP contribution in [-0.4, -0.2) is 30.0 Å². The second kappa shape index (κ2) is 7.08. The van der Waals surface area contributed by atoms with Gasteiger partial charge in [-0.25, -0.2) is 4.79 Å². The fourth-order valence-corrected chi connectivity index (χ4v) is 1.82. The molecule has 0 saturated carbocycles. The molecule has 2 aromatic carbocycles. The van der Waals surface area contributed by atoms with Gasteiger partial charge in [-0.15, -0.1) is 0 Å². The number of amides is 2. The standard InChI is InChI=1S/C16H14N2O5/c1-23-16(22)10-6-2-3-7-11(10)17-14(20)15(21)18-12-8-4-5-9-13(12)19/h2-9,19H,1H3,(H,17,20)(H,18,21). The Morgan fingerprint density at radius 1 is 0.870 bits per heavy atom. The molecular weight excluding hydrogens is 300 g/mol. The Morgan fingerprint density at radius 2 is 1.39 bits per heavy atom. The number of benzene rings is 2. The van der Waals surface area contributed by atoms with Gasteiger partial charge in [0.25, 0.3) is 0 Å². The summed E-state index contributed by atoms with van der Waals surface area (Å²) in [6.45, 7) is 0. The number of methoxy groups -OCH3 is 1. The molecule has 23 heavy (non-hydrogen) atoms. The van der Waals surface area contributed by atoms with Crippen LogP contribution in [-0.2, 0) is 14.3 Å².